The lowest BCUT2D eigenvalue weighted by atomic mass is 9.97. The van der Waals surface area contributed by atoms with Gasteiger partial charge in [-0.25, -0.2) is 0 Å². The van der Waals surface area contributed by atoms with Gasteiger partial charge in [-0.05, 0) is 32.9 Å². The van der Waals surface area contributed by atoms with Gasteiger partial charge in [-0.1, -0.05) is 6.92 Å². The number of aromatic nitrogens is 2. The van der Waals surface area contributed by atoms with Crippen LogP contribution >= 0.6 is 0 Å². The highest BCUT2D eigenvalue weighted by Crippen LogP contribution is 2.24. The van der Waals surface area contributed by atoms with Crippen LogP contribution in [-0.4, -0.2) is 45.5 Å². The minimum absolute atomic E-state index is 0.435. The van der Waals surface area contributed by atoms with Crippen LogP contribution in [0.15, 0.2) is 12.3 Å². The number of likely N-dealkylation sites (N-methyl/N-ethyl adjacent to an activating group) is 1. The molecule has 1 aliphatic heterocycles. The molecule has 2 unspecified atom stereocenters. The molecule has 17 heavy (non-hydrogen) atoms. The first-order chi connectivity index (χ1) is 8.02. The van der Waals surface area contributed by atoms with E-state index in [4.69, 9.17) is 0 Å². The maximum Gasteiger partial charge on any atom is 0.0841 e. The number of rotatable bonds is 4. The van der Waals surface area contributed by atoms with Gasteiger partial charge in [0.1, 0.15) is 0 Å². The van der Waals surface area contributed by atoms with Crippen molar-refractivity contribution in [1.82, 2.24) is 14.7 Å². The van der Waals surface area contributed by atoms with Crippen molar-refractivity contribution in [1.29, 1.82) is 0 Å². The van der Waals surface area contributed by atoms with Gasteiger partial charge in [-0.15, -0.1) is 0 Å². The number of likely N-dealkylation sites (tertiary alicyclic amines) is 1. The van der Waals surface area contributed by atoms with Crippen LogP contribution in [0.3, 0.4) is 0 Å². The van der Waals surface area contributed by atoms with E-state index in [9.17, 15) is 5.11 Å². The Kier molecular flexibility index (Phi) is 3.54. The Hall–Kier alpha value is -0.870. The largest absolute Gasteiger partial charge is 0.388 e. The normalized spacial score (nSPS) is 27.5. The molecule has 1 aliphatic rings. The molecule has 2 rings (SSSR count). The maximum absolute atomic E-state index is 10.4. The summed E-state index contributed by atoms with van der Waals surface area (Å²) in [7, 11) is 2.05. The lowest BCUT2D eigenvalue weighted by Gasteiger charge is -2.21. The molecule has 0 aromatic carbocycles. The third-order valence-corrected chi connectivity index (χ3v) is 3.74. The van der Waals surface area contributed by atoms with Crippen molar-refractivity contribution in [2.45, 2.75) is 44.8 Å². The van der Waals surface area contributed by atoms with Crippen molar-refractivity contribution >= 4 is 0 Å². The third-order valence-electron chi connectivity index (χ3n) is 3.74. The standard InChI is InChI=1S/C13H23N3O/c1-4-11(2)16-7-5-12(14-16)9-13(17)6-8-15(3)10-13/h5,7,11,17H,4,6,8-10H2,1-3H3. The molecular formula is C13H23N3O. The smallest absolute Gasteiger partial charge is 0.0841 e. The second-order valence-corrected chi connectivity index (χ2v) is 5.43. The van der Waals surface area contributed by atoms with Gasteiger partial charge in [-0.2, -0.15) is 5.10 Å². The van der Waals surface area contributed by atoms with Crippen LogP contribution in [-0.2, 0) is 6.42 Å². The average molecular weight is 237 g/mol. The van der Waals surface area contributed by atoms with E-state index in [2.05, 4.69) is 30.9 Å². The Morgan fingerprint density at radius 3 is 2.94 bits per heavy atom. The predicted molar refractivity (Wildman–Crippen MR) is 68.0 cm³/mol. The van der Waals surface area contributed by atoms with Crippen LogP contribution in [0.1, 0.15) is 38.4 Å². The van der Waals surface area contributed by atoms with Crippen LogP contribution in [0.5, 0.6) is 0 Å². The Bertz CT molecular complexity index is 376. The maximum atomic E-state index is 10.4. The molecule has 0 spiro atoms. The molecule has 4 heteroatoms. The van der Waals surface area contributed by atoms with Crippen molar-refractivity contribution in [3.63, 3.8) is 0 Å². The van der Waals surface area contributed by atoms with Crippen LogP contribution in [0.25, 0.3) is 0 Å². The molecule has 2 heterocycles. The van der Waals surface area contributed by atoms with E-state index in [0.717, 1.165) is 31.6 Å². The molecular weight excluding hydrogens is 214 g/mol. The van der Waals surface area contributed by atoms with Gasteiger partial charge in [0, 0.05) is 31.7 Å². The molecule has 0 amide bonds. The predicted octanol–water partition coefficient (Wildman–Crippen LogP) is 1.46. The number of β-amino-alcohol motifs (C(OH)–C–C–N with tert-alkyl or cyclic N) is 1. The van der Waals surface area contributed by atoms with Gasteiger partial charge in [0.15, 0.2) is 0 Å². The first-order valence-electron chi connectivity index (χ1n) is 6.47. The number of hydrogen-bond acceptors (Lipinski definition) is 3. The van der Waals surface area contributed by atoms with Gasteiger partial charge in [0.25, 0.3) is 0 Å². The summed E-state index contributed by atoms with van der Waals surface area (Å²) in [5, 5.41) is 15.0. The summed E-state index contributed by atoms with van der Waals surface area (Å²) >= 11 is 0. The first kappa shape index (κ1) is 12.6. The molecule has 0 radical (unpaired) electrons. The lowest BCUT2D eigenvalue weighted by molar-refractivity contribution is 0.0512. The van der Waals surface area contributed by atoms with Gasteiger partial charge < -0.3 is 10.0 Å². The van der Waals surface area contributed by atoms with Crippen molar-refractivity contribution in [2.75, 3.05) is 20.1 Å². The SMILES string of the molecule is CCC(C)n1ccc(CC2(O)CCN(C)C2)n1. The van der Waals surface area contributed by atoms with E-state index >= 15 is 0 Å². The zero-order valence-electron chi connectivity index (χ0n) is 11.1. The second-order valence-electron chi connectivity index (χ2n) is 5.43. The summed E-state index contributed by atoms with van der Waals surface area (Å²) in [6, 6.07) is 2.47. The van der Waals surface area contributed by atoms with Gasteiger partial charge in [-0.3, -0.25) is 4.68 Å². The van der Waals surface area contributed by atoms with Gasteiger partial charge >= 0.3 is 0 Å². The molecule has 1 aromatic rings. The topological polar surface area (TPSA) is 41.3 Å². The van der Waals surface area contributed by atoms with E-state index in [1.165, 1.54) is 0 Å². The van der Waals surface area contributed by atoms with Crippen molar-refractivity contribution < 1.29 is 5.11 Å². The van der Waals surface area contributed by atoms with Crippen molar-refractivity contribution in [3.8, 4) is 0 Å². The van der Waals surface area contributed by atoms with Crippen molar-refractivity contribution in [2.24, 2.45) is 0 Å². The summed E-state index contributed by atoms with van der Waals surface area (Å²) in [6.07, 6.45) is 4.61. The minimum atomic E-state index is -0.580. The zero-order valence-corrected chi connectivity index (χ0v) is 11.1. The van der Waals surface area contributed by atoms with Crippen LogP contribution in [0.4, 0.5) is 0 Å². The number of nitrogens with zero attached hydrogens (tertiary/aromatic N) is 3. The summed E-state index contributed by atoms with van der Waals surface area (Å²) in [4.78, 5) is 2.17. The Morgan fingerprint density at radius 2 is 2.35 bits per heavy atom. The van der Waals surface area contributed by atoms with Crippen molar-refractivity contribution in [3.05, 3.63) is 18.0 Å². The molecule has 0 aliphatic carbocycles. The van der Waals surface area contributed by atoms with Crippen LogP contribution in [0.2, 0.25) is 0 Å². The van der Waals surface area contributed by atoms with E-state index in [-0.39, 0.29) is 0 Å². The lowest BCUT2D eigenvalue weighted by Crippen LogP contribution is -2.34. The number of hydrogen-bond donors (Lipinski definition) is 1. The van der Waals surface area contributed by atoms with E-state index in [1.807, 2.05) is 16.9 Å². The van der Waals surface area contributed by atoms with E-state index in [1.54, 1.807) is 0 Å². The highest BCUT2D eigenvalue weighted by Gasteiger charge is 2.35. The van der Waals surface area contributed by atoms with Crippen LogP contribution < -0.4 is 0 Å². The summed E-state index contributed by atoms with van der Waals surface area (Å²) in [6.45, 7) is 6.05. The molecule has 1 saturated heterocycles. The summed E-state index contributed by atoms with van der Waals surface area (Å²) < 4.78 is 2.00. The third kappa shape index (κ3) is 2.87. The average Bonchev–Trinajstić information content (AvgIpc) is 2.85. The molecule has 0 bridgehead atoms. The Labute approximate surface area is 103 Å². The molecule has 96 valence electrons. The Morgan fingerprint density at radius 1 is 1.59 bits per heavy atom. The van der Waals surface area contributed by atoms with Gasteiger partial charge in [0.2, 0.25) is 0 Å². The summed E-state index contributed by atoms with van der Waals surface area (Å²) in [5.74, 6) is 0. The monoisotopic (exact) mass is 237 g/mol. The minimum Gasteiger partial charge on any atom is -0.388 e. The van der Waals surface area contributed by atoms with Gasteiger partial charge in [0.05, 0.1) is 11.3 Å². The number of aliphatic hydroxyl groups is 1. The fourth-order valence-corrected chi connectivity index (χ4v) is 2.45. The van der Waals surface area contributed by atoms with Crippen LogP contribution in [0, 0.1) is 0 Å². The molecule has 1 fully saturated rings. The first-order valence-corrected chi connectivity index (χ1v) is 6.47. The summed E-state index contributed by atoms with van der Waals surface area (Å²) in [5.41, 5.74) is 0.423. The molecule has 1 aromatic heterocycles. The molecule has 2 atom stereocenters. The fourth-order valence-electron chi connectivity index (χ4n) is 2.45. The molecule has 0 saturated carbocycles. The van der Waals surface area contributed by atoms with E-state index < -0.39 is 5.60 Å². The fraction of sp³-hybridized carbons (Fsp3) is 0.769. The quantitative estimate of drug-likeness (QED) is 0.862. The highest BCUT2D eigenvalue weighted by atomic mass is 16.3. The highest BCUT2D eigenvalue weighted by molar-refractivity contribution is 5.06. The van der Waals surface area contributed by atoms with E-state index in [0.29, 0.717) is 12.5 Å². The molecule has 4 nitrogen and oxygen atoms in total. The Balaban J connectivity index is 2.02. The molecule has 1 N–H and O–H groups in total. The second kappa shape index (κ2) is 4.78. The zero-order chi connectivity index (χ0) is 12.5.